The molecule has 0 unspecified atom stereocenters. The van der Waals surface area contributed by atoms with Crippen molar-refractivity contribution in [2.75, 3.05) is 59.4 Å². The molecule has 2 aliphatic carbocycles. The van der Waals surface area contributed by atoms with Gasteiger partial charge in [-0.1, -0.05) is 32.1 Å². The Morgan fingerprint density at radius 3 is 2.34 bits per heavy atom. The van der Waals surface area contributed by atoms with Gasteiger partial charge in [-0.15, -0.1) is 0 Å². The van der Waals surface area contributed by atoms with E-state index in [0.29, 0.717) is 17.2 Å². The molecule has 2 aliphatic heterocycles. The fraction of sp³-hybridized carbons (Fsp3) is 0.913. The van der Waals surface area contributed by atoms with Crippen LogP contribution in [0.5, 0.6) is 0 Å². The minimum atomic E-state index is 0.319. The molecule has 4 rings (SSSR count). The number of likely N-dealkylation sites (tertiary alicyclic amines) is 1. The van der Waals surface area contributed by atoms with Crippen LogP contribution in [0.1, 0.15) is 64.2 Å². The van der Waals surface area contributed by atoms with E-state index >= 15 is 0 Å². The van der Waals surface area contributed by atoms with Crippen LogP contribution >= 0.6 is 0 Å². The summed E-state index contributed by atoms with van der Waals surface area (Å²) < 4.78 is 0. The molecule has 1 amide bonds. The van der Waals surface area contributed by atoms with Gasteiger partial charge in [0, 0.05) is 65.3 Å². The Morgan fingerprint density at radius 1 is 0.931 bits per heavy atom. The molecule has 1 N–H and O–H groups in total. The number of guanidine groups is 1. The maximum absolute atomic E-state index is 12.6. The van der Waals surface area contributed by atoms with Crippen LogP contribution in [0.25, 0.3) is 0 Å². The van der Waals surface area contributed by atoms with Gasteiger partial charge in [0.05, 0.1) is 0 Å². The second-order valence-corrected chi connectivity index (χ2v) is 9.85. The van der Waals surface area contributed by atoms with Gasteiger partial charge in [0.25, 0.3) is 0 Å². The number of hydrogen-bond donors (Lipinski definition) is 1. The number of carbonyl (C=O) groups excluding carboxylic acids is 1. The molecule has 0 aromatic carbocycles. The number of hydrogen-bond acceptors (Lipinski definition) is 3. The van der Waals surface area contributed by atoms with E-state index in [9.17, 15) is 4.79 Å². The Morgan fingerprint density at radius 2 is 1.66 bits per heavy atom. The molecule has 0 aromatic rings. The summed E-state index contributed by atoms with van der Waals surface area (Å²) in [5, 5.41) is 3.61. The number of nitrogens with zero attached hydrogens (tertiary/aromatic N) is 4. The quantitative estimate of drug-likeness (QED) is 0.579. The van der Waals surface area contributed by atoms with E-state index in [0.717, 1.165) is 64.6 Å². The van der Waals surface area contributed by atoms with Crippen LogP contribution < -0.4 is 5.32 Å². The van der Waals surface area contributed by atoms with Crippen molar-refractivity contribution in [1.29, 1.82) is 0 Å². The molecule has 6 heteroatoms. The number of amides is 1. The monoisotopic (exact) mass is 403 g/mol. The molecular weight excluding hydrogens is 362 g/mol. The van der Waals surface area contributed by atoms with Crippen molar-refractivity contribution in [3.05, 3.63) is 0 Å². The lowest BCUT2D eigenvalue weighted by atomic mass is 9.73. The standard InChI is InChI=1S/C23H41N5O/c1-24-22(28-13-11-23(19-28)9-5-2-6-10-23)25-12-14-26-15-17-27(18-16-26)21(29)20-7-3-4-8-20/h20H,2-19H2,1H3,(H,24,25). The highest BCUT2D eigenvalue weighted by Gasteiger charge is 2.39. The normalized spacial score (nSPS) is 26.4. The Balaban J connectivity index is 1.16. The first kappa shape index (κ1) is 21.0. The van der Waals surface area contributed by atoms with Gasteiger partial charge in [0.15, 0.2) is 5.96 Å². The van der Waals surface area contributed by atoms with E-state index in [1.54, 1.807) is 0 Å². The smallest absolute Gasteiger partial charge is 0.225 e. The number of nitrogens with one attached hydrogen (secondary N) is 1. The SMILES string of the molecule is CN=C(NCCN1CCN(C(=O)C2CCCC2)CC1)N1CCC2(CCCCC2)C1. The van der Waals surface area contributed by atoms with Crippen molar-refractivity contribution in [2.45, 2.75) is 64.2 Å². The Bertz CT molecular complexity index is 572. The van der Waals surface area contributed by atoms with Gasteiger partial charge in [0.1, 0.15) is 0 Å². The third kappa shape index (κ3) is 5.07. The minimum absolute atomic E-state index is 0.319. The van der Waals surface area contributed by atoms with Crippen LogP contribution in [-0.2, 0) is 4.79 Å². The lowest BCUT2D eigenvalue weighted by Crippen LogP contribution is -2.52. The molecule has 1 spiro atoms. The molecule has 0 atom stereocenters. The van der Waals surface area contributed by atoms with Crippen molar-refractivity contribution < 1.29 is 4.79 Å². The van der Waals surface area contributed by atoms with E-state index in [1.165, 1.54) is 57.9 Å². The van der Waals surface area contributed by atoms with Crippen LogP contribution in [-0.4, -0.2) is 86.0 Å². The van der Waals surface area contributed by atoms with Gasteiger partial charge in [-0.25, -0.2) is 0 Å². The molecule has 0 bridgehead atoms. The molecule has 164 valence electrons. The highest BCUT2D eigenvalue weighted by atomic mass is 16.2. The van der Waals surface area contributed by atoms with E-state index < -0.39 is 0 Å². The van der Waals surface area contributed by atoms with Crippen LogP contribution in [0.2, 0.25) is 0 Å². The van der Waals surface area contributed by atoms with Gasteiger partial charge in [-0.05, 0) is 37.5 Å². The van der Waals surface area contributed by atoms with Gasteiger partial charge in [-0.3, -0.25) is 14.7 Å². The van der Waals surface area contributed by atoms with Crippen LogP contribution in [0.3, 0.4) is 0 Å². The summed E-state index contributed by atoms with van der Waals surface area (Å²) in [6, 6.07) is 0. The van der Waals surface area contributed by atoms with Crippen molar-refractivity contribution in [1.82, 2.24) is 20.0 Å². The summed E-state index contributed by atoms with van der Waals surface area (Å²) in [7, 11) is 1.92. The largest absolute Gasteiger partial charge is 0.355 e. The molecule has 6 nitrogen and oxygen atoms in total. The molecule has 2 heterocycles. The Hall–Kier alpha value is -1.30. The molecule has 0 aromatic heterocycles. The minimum Gasteiger partial charge on any atom is -0.355 e. The first-order valence-corrected chi connectivity index (χ1v) is 12.2. The molecule has 4 fully saturated rings. The second-order valence-electron chi connectivity index (χ2n) is 9.85. The van der Waals surface area contributed by atoms with E-state index in [-0.39, 0.29) is 0 Å². The number of rotatable bonds is 4. The summed E-state index contributed by atoms with van der Waals surface area (Å²) in [6.45, 7) is 8.13. The lowest BCUT2D eigenvalue weighted by molar-refractivity contribution is -0.137. The zero-order chi connectivity index (χ0) is 20.1. The third-order valence-corrected chi connectivity index (χ3v) is 7.96. The van der Waals surface area contributed by atoms with Crippen molar-refractivity contribution in [2.24, 2.45) is 16.3 Å². The zero-order valence-corrected chi connectivity index (χ0v) is 18.5. The molecule has 0 radical (unpaired) electrons. The first-order chi connectivity index (χ1) is 14.2. The Labute approximate surface area is 177 Å². The topological polar surface area (TPSA) is 51.2 Å². The predicted molar refractivity (Wildman–Crippen MR) is 118 cm³/mol. The van der Waals surface area contributed by atoms with Gasteiger partial charge >= 0.3 is 0 Å². The van der Waals surface area contributed by atoms with Gasteiger partial charge in [-0.2, -0.15) is 0 Å². The van der Waals surface area contributed by atoms with Crippen LogP contribution in [0.15, 0.2) is 4.99 Å². The van der Waals surface area contributed by atoms with Crippen LogP contribution in [0.4, 0.5) is 0 Å². The maximum atomic E-state index is 12.6. The van der Waals surface area contributed by atoms with Crippen molar-refractivity contribution in [3.63, 3.8) is 0 Å². The van der Waals surface area contributed by atoms with E-state index in [2.05, 4.69) is 25.0 Å². The molecule has 2 saturated heterocycles. The Kier molecular flexibility index (Phi) is 6.99. The average molecular weight is 404 g/mol. The van der Waals surface area contributed by atoms with E-state index in [4.69, 9.17) is 0 Å². The first-order valence-electron chi connectivity index (χ1n) is 12.2. The fourth-order valence-electron chi connectivity index (χ4n) is 6.11. The number of carbonyl (C=O) groups is 1. The molecule has 29 heavy (non-hydrogen) atoms. The summed E-state index contributed by atoms with van der Waals surface area (Å²) in [6.07, 6.45) is 13.1. The molecule has 2 saturated carbocycles. The number of aliphatic imine (C=N–C) groups is 1. The van der Waals surface area contributed by atoms with Crippen LogP contribution in [0, 0.1) is 11.3 Å². The molecule has 4 aliphatic rings. The predicted octanol–water partition coefficient (Wildman–Crippen LogP) is 2.55. The average Bonchev–Trinajstić information content (AvgIpc) is 3.43. The van der Waals surface area contributed by atoms with Gasteiger partial charge < -0.3 is 15.1 Å². The summed E-state index contributed by atoms with van der Waals surface area (Å²) >= 11 is 0. The highest BCUT2D eigenvalue weighted by Crippen LogP contribution is 2.43. The summed E-state index contributed by atoms with van der Waals surface area (Å²) in [4.78, 5) is 24.3. The number of piperazine rings is 1. The molecular formula is C23H41N5O. The lowest BCUT2D eigenvalue weighted by Gasteiger charge is -2.36. The van der Waals surface area contributed by atoms with Crippen molar-refractivity contribution in [3.8, 4) is 0 Å². The van der Waals surface area contributed by atoms with Gasteiger partial charge in [0.2, 0.25) is 5.91 Å². The zero-order valence-electron chi connectivity index (χ0n) is 18.5. The summed E-state index contributed by atoms with van der Waals surface area (Å²) in [5.74, 6) is 1.83. The fourth-order valence-corrected chi connectivity index (χ4v) is 6.11. The second kappa shape index (κ2) is 9.67. The van der Waals surface area contributed by atoms with E-state index in [1.807, 2.05) is 7.05 Å². The summed E-state index contributed by atoms with van der Waals surface area (Å²) in [5.41, 5.74) is 0.568. The maximum Gasteiger partial charge on any atom is 0.225 e. The van der Waals surface area contributed by atoms with Crippen molar-refractivity contribution >= 4 is 11.9 Å². The third-order valence-electron chi connectivity index (χ3n) is 7.96. The highest BCUT2D eigenvalue weighted by molar-refractivity contribution is 5.80.